The summed E-state index contributed by atoms with van der Waals surface area (Å²) in [4.78, 5) is 22.4. The Kier molecular flexibility index (Phi) is 5.15. The number of benzene rings is 1. The molecule has 142 valence electrons. The molecule has 0 aliphatic carbocycles. The quantitative estimate of drug-likeness (QED) is 0.732. The molecule has 0 radical (unpaired) electrons. The van der Waals surface area contributed by atoms with Gasteiger partial charge in [0.2, 0.25) is 21.8 Å². The number of fused-ring (bicyclic) bond motifs is 1. The first-order chi connectivity index (χ1) is 12.8. The minimum atomic E-state index is -3.68. The Labute approximate surface area is 156 Å². The summed E-state index contributed by atoms with van der Waals surface area (Å²) < 4.78 is 32.5. The maximum atomic E-state index is 12.8. The van der Waals surface area contributed by atoms with Crippen LogP contribution in [0.5, 0.6) is 0 Å². The molecule has 27 heavy (non-hydrogen) atoms. The Morgan fingerprint density at radius 2 is 1.96 bits per heavy atom. The molecule has 1 aliphatic rings. The molecule has 0 saturated carbocycles. The molecule has 1 aliphatic heterocycles. The molecule has 0 fully saturated rings. The molecule has 2 heterocycles. The first-order valence-electron chi connectivity index (χ1n) is 8.18. The van der Waals surface area contributed by atoms with E-state index in [1.165, 1.54) is 23.4 Å². The zero-order valence-corrected chi connectivity index (χ0v) is 15.5. The number of furan rings is 1. The number of amides is 2. The third kappa shape index (κ3) is 4.09. The van der Waals surface area contributed by atoms with Gasteiger partial charge in [0.1, 0.15) is 5.76 Å². The van der Waals surface area contributed by atoms with Gasteiger partial charge in [-0.15, -0.1) is 0 Å². The van der Waals surface area contributed by atoms with Crippen molar-refractivity contribution in [3.05, 3.63) is 59.9 Å². The fourth-order valence-corrected chi connectivity index (χ4v) is 4.07. The molecule has 9 heteroatoms. The van der Waals surface area contributed by atoms with E-state index in [9.17, 15) is 18.0 Å². The van der Waals surface area contributed by atoms with Crippen molar-refractivity contribution in [2.45, 2.75) is 31.5 Å². The number of anilines is 1. The van der Waals surface area contributed by atoms with Crippen molar-refractivity contribution in [1.82, 2.24) is 9.62 Å². The monoisotopic (exact) mass is 389 g/mol. The van der Waals surface area contributed by atoms with E-state index in [0.717, 1.165) is 11.6 Å². The van der Waals surface area contributed by atoms with Crippen LogP contribution in [0.1, 0.15) is 23.8 Å². The van der Waals surface area contributed by atoms with E-state index in [0.29, 0.717) is 17.9 Å². The number of rotatable bonds is 6. The Bertz CT molecular complexity index is 969. The van der Waals surface area contributed by atoms with E-state index in [-0.39, 0.29) is 29.8 Å². The van der Waals surface area contributed by atoms with Crippen LogP contribution in [0.4, 0.5) is 5.88 Å². The number of hydrogen-bond donors (Lipinski definition) is 2. The molecule has 0 saturated heterocycles. The van der Waals surface area contributed by atoms with Gasteiger partial charge in [0, 0.05) is 31.6 Å². The zero-order valence-electron chi connectivity index (χ0n) is 14.7. The highest BCUT2D eigenvalue weighted by atomic mass is 32.2. The van der Waals surface area contributed by atoms with Crippen LogP contribution in [0, 0.1) is 0 Å². The van der Waals surface area contributed by atoms with Crippen LogP contribution in [0.2, 0.25) is 0 Å². The Morgan fingerprint density at radius 3 is 2.56 bits per heavy atom. The largest absolute Gasteiger partial charge is 0.444 e. The van der Waals surface area contributed by atoms with Gasteiger partial charge in [-0.25, -0.2) is 8.42 Å². The minimum Gasteiger partial charge on any atom is -0.444 e. The summed E-state index contributed by atoms with van der Waals surface area (Å²) in [6.07, 6.45) is 1.12. The van der Waals surface area contributed by atoms with Crippen molar-refractivity contribution in [3.63, 3.8) is 0 Å². The number of carbonyl (C=O) groups excluding carboxylic acids is 2. The summed E-state index contributed by atoms with van der Waals surface area (Å²) in [7, 11) is -3.68. The molecule has 1 aromatic heterocycles. The van der Waals surface area contributed by atoms with Crippen molar-refractivity contribution in [1.29, 1.82) is 0 Å². The molecule has 2 N–H and O–H groups in total. The Hall–Kier alpha value is -2.91. The summed E-state index contributed by atoms with van der Waals surface area (Å²) in [5.74, 6) is 0.219. The molecule has 0 bridgehead atoms. The highest BCUT2D eigenvalue weighted by molar-refractivity contribution is 7.89. The van der Waals surface area contributed by atoms with Crippen LogP contribution in [-0.2, 0) is 39.2 Å². The second kappa shape index (κ2) is 7.37. The molecule has 2 amide bonds. The van der Waals surface area contributed by atoms with Crippen LogP contribution in [0.25, 0.3) is 0 Å². The zero-order chi connectivity index (χ0) is 19.6. The van der Waals surface area contributed by atoms with Gasteiger partial charge < -0.3 is 9.73 Å². The standard InChI is InChI=1S/C18H19N3O5S/c1-3-17(23)20-18-8-14-10-21(11-16(14)26-18)27(24,25)15-6-4-13(5-7-15)9-19-12(2)22/h3-8H,1,9-11H2,2H3,(H,19,22)(H,20,23). The van der Waals surface area contributed by atoms with Crippen molar-refractivity contribution in [3.8, 4) is 0 Å². The number of sulfonamides is 1. The first kappa shape index (κ1) is 18.9. The average molecular weight is 389 g/mol. The summed E-state index contributed by atoms with van der Waals surface area (Å²) in [6, 6.07) is 7.98. The normalized spacial score (nSPS) is 13.8. The molecule has 0 atom stereocenters. The number of hydrogen-bond acceptors (Lipinski definition) is 5. The Morgan fingerprint density at radius 1 is 1.26 bits per heavy atom. The van der Waals surface area contributed by atoms with Crippen molar-refractivity contribution < 1.29 is 22.4 Å². The molecule has 2 aromatic rings. The predicted octanol–water partition coefficient (Wildman–Crippen LogP) is 1.74. The van der Waals surface area contributed by atoms with E-state index >= 15 is 0 Å². The number of nitrogens with one attached hydrogen (secondary N) is 2. The van der Waals surface area contributed by atoms with Crippen LogP contribution in [0.15, 0.2) is 52.3 Å². The highest BCUT2D eigenvalue weighted by Gasteiger charge is 2.33. The summed E-state index contributed by atoms with van der Waals surface area (Å²) >= 11 is 0. The van der Waals surface area contributed by atoms with E-state index in [1.54, 1.807) is 18.2 Å². The summed E-state index contributed by atoms with van der Waals surface area (Å²) in [6.45, 7) is 5.38. The highest BCUT2D eigenvalue weighted by Crippen LogP contribution is 2.32. The first-order valence-corrected chi connectivity index (χ1v) is 9.62. The van der Waals surface area contributed by atoms with Gasteiger partial charge in [0.15, 0.2) is 5.88 Å². The van der Waals surface area contributed by atoms with Gasteiger partial charge >= 0.3 is 0 Å². The van der Waals surface area contributed by atoms with Crippen LogP contribution < -0.4 is 10.6 Å². The van der Waals surface area contributed by atoms with Crippen LogP contribution >= 0.6 is 0 Å². The molecular weight excluding hydrogens is 370 g/mol. The van der Waals surface area contributed by atoms with Gasteiger partial charge in [0.25, 0.3) is 0 Å². The molecule has 8 nitrogen and oxygen atoms in total. The Balaban J connectivity index is 1.70. The van der Waals surface area contributed by atoms with Gasteiger partial charge in [-0.1, -0.05) is 18.7 Å². The molecule has 1 aromatic carbocycles. The average Bonchev–Trinajstić information content (AvgIpc) is 3.19. The summed E-state index contributed by atoms with van der Waals surface area (Å²) in [5.41, 5.74) is 1.51. The van der Waals surface area contributed by atoms with Crippen molar-refractivity contribution in [2.24, 2.45) is 0 Å². The maximum absolute atomic E-state index is 12.8. The van der Waals surface area contributed by atoms with E-state index in [2.05, 4.69) is 17.2 Å². The van der Waals surface area contributed by atoms with Crippen LogP contribution in [-0.4, -0.2) is 24.5 Å². The second-order valence-corrected chi connectivity index (χ2v) is 8.02. The van der Waals surface area contributed by atoms with Gasteiger partial charge in [0.05, 0.1) is 11.4 Å². The minimum absolute atomic E-state index is 0.0925. The van der Waals surface area contributed by atoms with Gasteiger partial charge in [-0.3, -0.25) is 14.9 Å². The van der Waals surface area contributed by atoms with Crippen molar-refractivity contribution >= 4 is 27.7 Å². The van der Waals surface area contributed by atoms with E-state index < -0.39 is 15.9 Å². The topological polar surface area (TPSA) is 109 Å². The number of nitrogens with zero attached hydrogens (tertiary/aromatic N) is 1. The smallest absolute Gasteiger partial charge is 0.250 e. The lowest BCUT2D eigenvalue weighted by molar-refractivity contribution is -0.119. The SMILES string of the molecule is C=CC(=O)Nc1cc2c(o1)CN(S(=O)(=O)c1ccc(CNC(C)=O)cc1)C2. The van der Waals surface area contributed by atoms with E-state index in [4.69, 9.17) is 4.42 Å². The third-order valence-corrected chi connectivity index (χ3v) is 5.90. The molecule has 0 unspecified atom stereocenters. The third-order valence-electron chi connectivity index (χ3n) is 4.10. The fraction of sp³-hybridized carbons (Fsp3) is 0.222. The lowest BCUT2D eigenvalue weighted by Gasteiger charge is -2.16. The lowest BCUT2D eigenvalue weighted by Crippen LogP contribution is -2.26. The van der Waals surface area contributed by atoms with Gasteiger partial charge in [-0.2, -0.15) is 4.31 Å². The lowest BCUT2D eigenvalue weighted by atomic mass is 10.2. The molecule has 0 spiro atoms. The van der Waals surface area contributed by atoms with E-state index in [1.807, 2.05) is 0 Å². The number of carbonyl (C=O) groups is 2. The predicted molar refractivity (Wildman–Crippen MR) is 97.9 cm³/mol. The van der Waals surface area contributed by atoms with Gasteiger partial charge in [-0.05, 0) is 23.8 Å². The summed E-state index contributed by atoms with van der Waals surface area (Å²) in [5, 5.41) is 5.17. The fourth-order valence-electron chi connectivity index (χ4n) is 2.70. The maximum Gasteiger partial charge on any atom is 0.250 e. The van der Waals surface area contributed by atoms with Crippen molar-refractivity contribution in [2.75, 3.05) is 5.32 Å². The molecular formula is C18H19N3O5S. The van der Waals surface area contributed by atoms with Crippen LogP contribution in [0.3, 0.4) is 0 Å². The molecule has 3 rings (SSSR count). The second-order valence-electron chi connectivity index (χ2n) is 6.08.